The van der Waals surface area contributed by atoms with Crippen molar-refractivity contribution in [1.29, 1.82) is 0 Å². The summed E-state index contributed by atoms with van der Waals surface area (Å²) in [5.74, 6) is 2.05. The number of piperidine rings is 1. The number of nitrogens with one attached hydrogen (secondary N) is 2. The Morgan fingerprint density at radius 1 is 1.23 bits per heavy atom. The number of aliphatic imine (C=N–C) groups is 1. The fourth-order valence-electron chi connectivity index (χ4n) is 3.38. The highest BCUT2D eigenvalue weighted by Crippen LogP contribution is 2.19. The fraction of sp³-hybridized carbons (Fsp3) is 0.619. The molecule has 3 rings (SSSR count). The summed E-state index contributed by atoms with van der Waals surface area (Å²) in [6, 6.07) is 5.82. The lowest BCUT2D eigenvalue weighted by Gasteiger charge is -2.33. The Bertz CT molecular complexity index is 864. The molecule has 1 aliphatic heterocycles. The molecule has 0 unspecified atom stereocenters. The first-order valence-electron chi connectivity index (χ1n) is 10.6. The zero-order valence-corrected chi connectivity index (χ0v) is 18.4. The first-order chi connectivity index (χ1) is 14.4. The number of carbonyl (C=O) groups is 1. The number of aromatic nitrogens is 3. The van der Waals surface area contributed by atoms with Gasteiger partial charge in [0.05, 0.1) is 0 Å². The smallest absolute Gasteiger partial charge is 0.410 e. The van der Waals surface area contributed by atoms with E-state index in [1.54, 1.807) is 4.90 Å². The van der Waals surface area contributed by atoms with E-state index in [2.05, 4.69) is 25.8 Å². The highest BCUT2D eigenvalue weighted by atomic mass is 16.6. The molecule has 0 spiro atoms. The molecule has 1 aliphatic rings. The third-order valence-corrected chi connectivity index (χ3v) is 4.93. The van der Waals surface area contributed by atoms with Crippen molar-refractivity contribution < 1.29 is 9.53 Å². The summed E-state index contributed by atoms with van der Waals surface area (Å²) < 4.78 is 7.41. The number of hydrogen-bond donors (Lipinski definition) is 2. The van der Waals surface area contributed by atoms with E-state index < -0.39 is 5.60 Å². The van der Waals surface area contributed by atoms with Gasteiger partial charge >= 0.3 is 6.09 Å². The quantitative estimate of drug-likeness (QED) is 0.575. The second-order valence-electron chi connectivity index (χ2n) is 8.53. The van der Waals surface area contributed by atoms with Crippen molar-refractivity contribution in [3.8, 4) is 0 Å². The predicted octanol–water partition coefficient (Wildman–Crippen LogP) is 2.43. The predicted molar refractivity (Wildman–Crippen MR) is 116 cm³/mol. The average molecular weight is 416 g/mol. The number of amides is 1. The Hall–Kier alpha value is -2.84. The van der Waals surface area contributed by atoms with Crippen LogP contribution in [0.15, 0.2) is 29.4 Å². The number of rotatable bonds is 5. The highest BCUT2D eigenvalue weighted by molar-refractivity contribution is 5.79. The molecule has 0 radical (unpaired) electrons. The lowest BCUT2D eigenvalue weighted by atomic mass is 9.97. The van der Waals surface area contributed by atoms with Crippen molar-refractivity contribution in [1.82, 2.24) is 30.1 Å². The minimum atomic E-state index is -0.456. The molecule has 164 valence electrons. The van der Waals surface area contributed by atoms with Crippen molar-refractivity contribution in [2.24, 2.45) is 10.9 Å². The van der Waals surface area contributed by atoms with Crippen LogP contribution >= 0.6 is 0 Å². The molecule has 0 bridgehead atoms. The second kappa shape index (κ2) is 9.77. The molecule has 0 aliphatic carbocycles. The topological polar surface area (TPSA) is 96.1 Å². The van der Waals surface area contributed by atoms with Crippen LogP contribution in [0.5, 0.6) is 0 Å². The van der Waals surface area contributed by atoms with Crippen LogP contribution in [0, 0.1) is 5.92 Å². The highest BCUT2D eigenvalue weighted by Gasteiger charge is 2.26. The molecule has 1 fully saturated rings. The maximum Gasteiger partial charge on any atom is 0.410 e. The van der Waals surface area contributed by atoms with Crippen molar-refractivity contribution in [2.75, 3.05) is 26.2 Å². The number of pyridine rings is 1. The Balaban J connectivity index is 1.49. The molecule has 0 atom stereocenters. The van der Waals surface area contributed by atoms with Crippen LogP contribution in [0.3, 0.4) is 0 Å². The van der Waals surface area contributed by atoms with Gasteiger partial charge in [-0.2, -0.15) is 0 Å². The molecule has 0 saturated carbocycles. The summed E-state index contributed by atoms with van der Waals surface area (Å²) in [6.45, 7) is 11.2. The van der Waals surface area contributed by atoms with Crippen molar-refractivity contribution in [2.45, 2.75) is 52.7 Å². The molecule has 30 heavy (non-hydrogen) atoms. The van der Waals surface area contributed by atoms with Crippen LogP contribution in [0.2, 0.25) is 0 Å². The van der Waals surface area contributed by atoms with Crippen molar-refractivity contribution in [3.63, 3.8) is 0 Å². The molecule has 9 heteroatoms. The van der Waals surface area contributed by atoms with E-state index in [1.165, 1.54) is 0 Å². The number of nitrogens with zero attached hydrogens (tertiary/aromatic N) is 5. The van der Waals surface area contributed by atoms with E-state index >= 15 is 0 Å². The first-order valence-corrected chi connectivity index (χ1v) is 10.6. The Morgan fingerprint density at radius 2 is 2.00 bits per heavy atom. The van der Waals surface area contributed by atoms with E-state index in [0.29, 0.717) is 12.5 Å². The third-order valence-electron chi connectivity index (χ3n) is 4.93. The van der Waals surface area contributed by atoms with Crippen molar-refractivity contribution >= 4 is 17.7 Å². The van der Waals surface area contributed by atoms with Crippen LogP contribution in [0.4, 0.5) is 4.79 Å². The minimum Gasteiger partial charge on any atom is -0.444 e. The van der Waals surface area contributed by atoms with Gasteiger partial charge in [0.25, 0.3) is 0 Å². The molecular formula is C21H33N7O2. The normalized spacial score (nSPS) is 16.0. The van der Waals surface area contributed by atoms with Gasteiger partial charge in [0.2, 0.25) is 0 Å². The number of hydrogen-bond acceptors (Lipinski definition) is 5. The number of guanidine groups is 1. The van der Waals surface area contributed by atoms with Crippen LogP contribution in [-0.4, -0.2) is 63.3 Å². The maximum absolute atomic E-state index is 12.2. The molecule has 3 heterocycles. The molecule has 2 aromatic rings. The van der Waals surface area contributed by atoms with Gasteiger partial charge in [0.1, 0.15) is 12.1 Å². The second-order valence-corrected chi connectivity index (χ2v) is 8.53. The minimum absolute atomic E-state index is 0.218. The molecular weight excluding hydrogens is 382 g/mol. The standard InChI is InChI=1S/C21H33N7O2/c1-5-22-19(24-15-18-26-25-17-8-6-7-11-28(17)18)23-14-16-9-12-27(13-10-16)20(29)30-21(2,3)4/h6-8,11,16H,5,9-10,12-15H2,1-4H3,(H2,22,23,24). The molecule has 1 saturated heterocycles. The van der Waals surface area contributed by atoms with Gasteiger partial charge in [-0.15, -0.1) is 10.2 Å². The van der Waals surface area contributed by atoms with Crippen molar-refractivity contribution in [3.05, 3.63) is 30.2 Å². The fourth-order valence-corrected chi connectivity index (χ4v) is 3.38. The lowest BCUT2D eigenvalue weighted by molar-refractivity contribution is 0.0185. The van der Waals surface area contributed by atoms with Gasteiger partial charge in [-0.1, -0.05) is 6.07 Å². The molecule has 2 aromatic heterocycles. The number of ether oxygens (including phenoxy) is 1. The van der Waals surface area contributed by atoms with E-state index in [0.717, 1.165) is 56.5 Å². The van der Waals surface area contributed by atoms with Crippen LogP contribution in [-0.2, 0) is 11.3 Å². The zero-order valence-electron chi connectivity index (χ0n) is 18.4. The van der Waals surface area contributed by atoms with E-state index in [4.69, 9.17) is 4.74 Å². The van der Waals surface area contributed by atoms with Gasteiger partial charge in [0.15, 0.2) is 17.4 Å². The summed E-state index contributed by atoms with van der Waals surface area (Å²) in [4.78, 5) is 18.7. The largest absolute Gasteiger partial charge is 0.444 e. The van der Waals surface area contributed by atoms with Gasteiger partial charge in [-0.3, -0.25) is 4.40 Å². The average Bonchev–Trinajstić information content (AvgIpc) is 3.12. The van der Waals surface area contributed by atoms with Gasteiger partial charge in [-0.05, 0) is 58.6 Å². The van der Waals surface area contributed by atoms with Gasteiger partial charge < -0.3 is 20.3 Å². The van der Waals surface area contributed by atoms with Crippen LogP contribution < -0.4 is 10.6 Å². The van der Waals surface area contributed by atoms with Gasteiger partial charge in [-0.25, -0.2) is 9.79 Å². The SMILES string of the molecule is CCNC(=NCc1nnc2ccccn12)NCC1CCN(C(=O)OC(C)(C)C)CC1. The van der Waals surface area contributed by atoms with Crippen LogP contribution in [0.1, 0.15) is 46.4 Å². The van der Waals surface area contributed by atoms with E-state index in [9.17, 15) is 4.79 Å². The molecule has 0 aromatic carbocycles. The van der Waals surface area contributed by atoms with Crippen LogP contribution in [0.25, 0.3) is 5.65 Å². The molecule has 2 N–H and O–H groups in total. The summed E-state index contributed by atoms with van der Waals surface area (Å²) in [5.41, 5.74) is 0.361. The monoisotopic (exact) mass is 415 g/mol. The molecule has 9 nitrogen and oxygen atoms in total. The Kier molecular flexibility index (Phi) is 7.12. The summed E-state index contributed by atoms with van der Waals surface area (Å²) in [5, 5.41) is 15.1. The summed E-state index contributed by atoms with van der Waals surface area (Å²) in [6.07, 6.45) is 3.62. The molecule has 1 amide bonds. The summed E-state index contributed by atoms with van der Waals surface area (Å²) in [7, 11) is 0. The lowest BCUT2D eigenvalue weighted by Crippen LogP contribution is -2.45. The number of likely N-dealkylation sites (tertiary alicyclic amines) is 1. The zero-order chi connectivity index (χ0) is 21.6. The van der Waals surface area contributed by atoms with E-state index in [1.807, 2.05) is 56.5 Å². The van der Waals surface area contributed by atoms with Gasteiger partial charge in [0, 0.05) is 32.4 Å². The number of carbonyl (C=O) groups excluding carboxylic acids is 1. The van der Waals surface area contributed by atoms with E-state index in [-0.39, 0.29) is 6.09 Å². The Labute approximate surface area is 177 Å². The Morgan fingerprint density at radius 3 is 2.70 bits per heavy atom. The maximum atomic E-state index is 12.2. The third kappa shape index (κ3) is 6.08. The number of fused-ring (bicyclic) bond motifs is 1. The summed E-state index contributed by atoms with van der Waals surface area (Å²) >= 11 is 0. The first kappa shape index (κ1) is 21.9.